The summed E-state index contributed by atoms with van der Waals surface area (Å²) in [5.41, 5.74) is -1.44. The molecular formula is C26H35F5. The van der Waals surface area contributed by atoms with Gasteiger partial charge in [-0.1, -0.05) is 32.6 Å². The van der Waals surface area contributed by atoms with Crippen LogP contribution in [0.5, 0.6) is 0 Å². The fourth-order valence-corrected chi connectivity index (χ4v) is 7.33. The molecule has 31 heavy (non-hydrogen) atoms. The van der Waals surface area contributed by atoms with Gasteiger partial charge in [-0.05, 0) is 105 Å². The molecule has 0 N–H and O–H groups in total. The minimum atomic E-state index is -5.00. The van der Waals surface area contributed by atoms with Gasteiger partial charge in [-0.2, -0.15) is 13.2 Å². The summed E-state index contributed by atoms with van der Waals surface area (Å²) in [6, 6.07) is 1.75. The summed E-state index contributed by atoms with van der Waals surface area (Å²) in [6.07, 6.45) is 9.38. The summed E-state index contributed by atoms with van der Waals surface area (Å²) >= 11 is 0. The Morgan fingerprint density at radius 3 is 1.77 bits per heavy atom. The molecule has 174 valence electrons. The van der Waals surface area contributed by atoms with Crippen LogP contribution in [0.3, 0.4) is 0 Å². The van der Waals surface area contributed by atoms with E-state index in [0.29, 0.717) is 17.9 Å². The molecule has 0 heterocycles. The first-order valence-corrected chi connectivity index (χ1v) is 12.3. The van der Waals surface area contributed by atoms with Gasteiger partial charge in [-0.25, -0.2) is 8.78 Å². The van der Waals surface area contributed by atoms with Crippen LogP contribution in [-0.4, -0.2) is 0 Å². The van der Waals surface area contributed by atoms with E-state index in [-0.39, 0.29) is 0 Å². The maximum atomic E-state index is 13.9. The maximum Gasteiger partial charge on any atom is 0.422 e. The molecule has 3 fully saturated rings. The molecular weight excluding hydrogens is 407 g/mol. The number of benzene rings is 1. The Hall–Kier alpha value is -1.13. The molecule has 4 rings (SSSR count). The molecule has 6 atom stereocenters. The van der Waals surface area contributed by atoms with Gasteiger partial charge in [0.25, 0.3) is 0 Å². The first kappa shape index (κ1) is 23.0. The Labute approximate surface area is 183 Å². The molecule has 0 spiro atoms. The third-order valence-corrected chi connectivity index (χ3v) is 8.68. The van der Waals surface area contributed by atoms with Crippen LogP contribution < -0.4 is 0 Å². The standard InChI is InChI=1S/C26H35F5/c1-2-3-16-6-10-21-19(12-16)8-9-20-13-17(7-11-22(20)21)4-5-18-14-23(27)25(24(28)15-18)26(29,30)31/h14-17,19-22H,2-13H2,1H3. The van der Waals surface area contributed by atoms with Crippen molar-refractivity contribution in [2.45, 2.75) is 90.1 Å². The predicted molar refractivity (Wildman–Crippen MR) is 112 cm³/mol. The van der Waals surface area contributed by atoms with E-state index in [2.05, 4.69) is 6.92 Å². The van der Waals surface area contributed by atoms with E-state index in [4.69, 9.17) is 0 Å². The smallest absolute Gasteiger partial charge is 0.206 e. The van der Waals surface area contributed by atoms with Crippen LogP contribution in [0.4, 0.5) is 22.0 Å². The van der Waals surface area contributed by atoms with E-state index in [1.807, 2.05) is 0 Å². The monoisotopic (exact) mass is 442 g/mol. The average Bonchev–Trinajstić information content (AvgIpc) is 2.70. The second kappa shape index (κ2) is 9.39. The Kier molecular flexibility index (Phi) is 6.98. The Balaban J connectivity index is 1.32. The van der Waals surface area contributed by atoms with Crippen molar-refractivity contribution in [1.82, 2.24) is 0 Å². The first-order valence-electron chi connectivity index (χ1n) is 12.3. The van der Waals surface area contributed by atoms with E-state index >= 15 is 0 Å². The highest BCUT2D eigenvalue weighted by Gasteiger charge is 2.44. The molecule has 0 aliphatic heterocycles. The number of alkyl halides is 3. The van der Waals surface area contributed by atoms with Gasteiger partial charge >= 0.3 is 6.18 Å². The molecule has 0 aromatic heterocycles. The van der Waals surface area contributed by atoms with Crippen LogP contribution in [0.25, 0.3) is 0 Å². The molecule has 3 aliphatic carbocycles. The van der Waals surface area contributed by atoms with Gasteiger partial charge in [0, 0.05) is 0 Å². The Morgan fingerprint density at radius 2 is 1.29 bits per heavy atom. The van der Waals surface area contributed by atoms with Crippen LogP contribution in [-0.2, 0) is 12.6 Å². The molecule has 1 aromatic carbocycles. The summed E-state index contributed by atoms with van der Waals surface area (Å²) in [4.78, 5) is 0. The fraction of sp³-hybridized carbons (Fsp3) is 0.769. The van der Waals surface area contributed by atoms with Gasteiger partial charge in [0.1, 0.15) is 17.2 Å². The summed E-state index contributed by atoms with van der Waals surface area (Å²) in [5.74, 6) is 1.88. The lowest BCUT2D eigenvalue weighted by atomic mass is 9.55. The quantitative estimate of drug-likeness (QED) is 0.401. The lowest BCUT2D eigenvalue weighted by Crippen LogP contribution is -2.41. The van der Waals surface area contributed by atoms with Crippen molar-refractivity contribution in [3.8, 4) is 0 Å². The van der Waals surface area contributed by atoms with Gasteiger partial charge in [0.2, 0.25) is 0 Å². The molecule has 6 unspecified atom stereocenters. The van der Waals surface area contributed by atoms with Crippen LogP contribution in [0, 0.1) is 47.1 Å². The summed E-state index contributed by atoms with van der Waals surface area (Å²) in [5, 5.41) is 0. The van der Waals surface area contributed by atoms with Crippen molar-refractivity contribution in [2.75, 3.05) is 0 Å². The van der Waals surface area contributed by atoms with Crippen LogP contribution >= 0.6 is 0 Å². The van der Waals surface area contributed by atoms with Gasteiger partial charge < -0.3 is 0 Å². The normalized spacial score (nSPS) is 33.6. The maximum absolute atomic E-state index is 13.9. The van der Waals surface area contributed by atoms with Crippen LogP contribution in [0.1, 0.15) is 88.7 Å². The lowest BCUT2D eigenvalue weighted by molar-refractivity contribution is -0.142. The van der Waals surface area contributed by atoms with Gasteiger partial charge in [0.15, 0.2) is 0 Å². The number of aryl methyl sites for hydroxylation is 1. The minimum absolute atomic E-state index is 0.336. The number of hydrogen-bond acceptors (Lipinski definition) is 0. The van der Waals surface area contributed by atoms with Crippen molar-refractivity contribution < 1.29 is 22.0 Å². The van der Waals surface area contributed by atoms with Crippen LogP contribution in [0.15, 0.2) is 12.1 Å². The van der Waals surface area contributed by atoms with Crippen molar-refractivity contribution in [1.29, 1.82) is 0 Å². The topological polar surface area (TPSA) is 0 Å². The van der Waals surface area contributed by atoms with E-state index in [0.717, 1.165) is 54.6 Å². The Morgan fingerprint density at radius 1 is 0.774 bits per heavy atom. The first-order chi connectivity index (χ1) is 14.8. The zero-order chi connectivity index (χ0) is 22.2. The van der Waals surface area contributed by atoms with Gasteiger partial charge in [-0.3, -0.25) is 0 Å². The van der Waals surface area contributed by atoms with Crippen molar-refractivity contribution in [2.24, 2.45) is 35.5 Å². The highest BCUT2D eigenvalue weighted by molar-refractivity contribution is 5.28. The van der Waals surface area contributed by atoms with Gasteiger partial charge in [0.05, 0.1) is 0 Å². The third kappa shape index (κ3) is 5.11. The second-order valence-electron chi connectivity index (χ2n) is 10.5. The largest absolute Gasteiger partial charge is 0.422 e. The SMILES string of the molecule is CCCC1CCC2C(CCC3CC(CCc4cc(F)c(C(F)(F)F)c(F)c4)CCC32)C1. The number of halogens is 5. The number of fused-ring (bicyclic) bond motifs is 3. The van der Waals surface area contributed by atoms with Crippen molar-refractivity contribution >= 4 is 0 Å². The number of rotatable bonds is 5. The van der Waals surface area contributed by atoms with Crippen LogP contribution in [0.2, 0.25) is 0 Å². The number of hydrogen-bond donors (Lipinski definition) is 0. The fourth-order valence-electron chi connectivity index (χ4n) is 7.33. The minimum Gasteiger partial charge on any atom is -0.206 e. The van der Waals surface area contributed by atoms with E-state index in [1.54, 1.807) is 0 Å². The van der Waals surface area contributed by atoms with E-state index in [9.17, 15) is 22.0 Å². The molecule has 1 aromatic rings. The molecule has 0 amide bonds. The molecule has 0 nitrogen and oxygen atoms in total. The average molecular weight is 443 g/mol. The molecule has 3 aliphatic rings. The zero-order valence-corrected chi connectivity index (χ0v) is 18.5. The molecule has 5 heteroatoms. The van der Waals surface area contributed by atoms with Crippen molar-refractivity contribution in [3.63, 3.8) is 0 Å². The zero-order valence-electron chi connectivity index (χ0n) is 18.5. The highest BCUT2D eigenvalue weighted by Crippen LogP contribution is 2.54. The van der Waals surface area contributed by atoms with E-state index < -0.39 is 23.4 Å². The lowest BCUT2D eigenvalue weighted by Gasteiger charge is -2.51. The molecule has 0 saturated heterocycles. The second-order valence-corrected chi connectivity index (χ2v) is 10.5. The van der Waals surface area contributed by atoms with Gasteiger partial charge in [-0.15, -0.1) is 0 Å². The highest BCUT2D eigenvalue weighted by atomic mass is 19.4. The van der Waals surface area contributed by atoms with E-state index in [1.165, 1.54) is 57.8 Å². The third-order valence-electron chi connectivity index (χ3n) is 8.68. The predicted octanol–water partition coefficient (Wildman–Crippen LogP) is 8.58. The molecule has 0 radical (unpaired) electrons. The Bertz CT molecular complexity index is 732. The summed E-state index contributed by atoms with van der Waals surface area (Å²) in [7, 11) is 0. The summed E-state index contributed by atoms with van der Waals surface area (Å²) < 4.78 is 66.1. The molecule has 3 saturated carbocycles. The summed E-state index contributed by atoms with van der Waals surface area (Å²) in [6.45, 7) is 2.29. The van der Waals surface area contributed by atoms with Crippen molar-refractivity contribution in [3.05, 3.63) is 34.9 Å². The molecule has 0 bridgehead atoms.